The molecule has 2 N–H and O–H groups in total. The first-order valence-electron chi connectivity index (χ1n) is 6.80. The van der Waals surface area contributed by atoms with Gasteiger partial charge in [0, 0.05) is 12.6 Å². The number of hydrogen-bond acceptors (Lipinski definition) is 3. The van der Waals surface area contributed by atoms with Crippen LogP contribution in [0, 0.1) is 12.8 Å². The van der Waals surface area contributed by atoms with Crippen molar-refractivity contribution in [2.75, 3.05) is 26.4 Å². The maximum Gasteiger partial charge on any atom is 0.0698 e. The predicted molar refractivity (Wildman–Crippen MR) is 72.6 cm³/mol. The summed E-state index contributed by atoms with van der Waals surface area (Å²) in [6, 6.07) is 9.26. The second-order valence-corrected chi connectivity index (χ2v) is 5.02. The molecule has 18 heavy (non-hydrogen) atoms. The Morgan fingerprint density at radius 1 is 1.28 bits per heavy atom. The van der Waals surface area contributed by atoms with Crippen LogP contribution in [-0.2, 0) is 4.74 Å². The molecule has 3 heteroatoms. The van der Waals surface area contributed by atoms with E-state index in [2.05, 4.69) is 36.5 Å². The van der Waals surface area contributed by atoms with Gasteiger partial charge in [0.2, 0.25) is 0 Å². The monoisotopic (exact) mass is 249 g/mol. The van der Waals surface area contributed by atoms with E-state index in [1.807, 2.05) is 0 Å². The minimum atomic E-state index is 0.101. The molecule has 0 saturated heterocycles. The Morgan fingerprint density at radius 2 is 2.00 bits per heavy atom. The fourth-order valence-electron chi connectivity index (χ4n) is 2.21. The molecule has 1 aromatic rings. The highest BCUT2D eigenvalue weighted by Crippen LogP contribution is 2.40. The first kappa shape index (κ1) is 13.5. The van der Waals surface area contributed by atoms with Crippen LogP contribution in [-0.4, -0.2) is 31.5 Å². The first-order valence-corrected chi connectivity index (χ1v) is 6.80. The van der Waals surface area contributed by atoms with Crippen molar-refractivity contribution in [3.8, 4) is 0 Å². The van der Waals surface area contributed by atoms with Crippen LogP contribution in [0.4, 0.5) is 0 Å². The fraction of sp³-hybridized carbons (Fsp3) is 0.600. The number of aliphatic hydroxyl groups excluding tert-OH is 1. The smallest absolute Gasteiger partial charge is 0.0698 e. The predicted octanol–water partition coefficient (Wildman–Crippen LogP) is 2.04. The van der Waals surface area contributed by atoms with Crippen molar-refractivity contribution in [1.82, 2.24) is 5.32 Å². The first-order chi connectivity index (χ1) is 8.81. The molecule has 0 spiro atoms. The zero-order valence-corrected chi connectivity index (χ0v) is 11.1. The number of aryl methyl sites for hydroxylation is 1. The molecule has 100 valence electrons. The number of rotatable bonds is 8. The summed E-state index contributed by atoms with van der Waals surface area (Å²) in [6.07, 6.45) is 2.64. The standard InChI is InChI=1S/C15H23NO2/c1-12-2-4-13(5-3-12)15(14-6-7-14)16-8-10-18-11-9-17/h2-5,14-17H,6-11H2,1H3. The molecule has 0 aliphatic heterocycles. The normalized spacial score (nSPS) is 16.8. The summed E-state index contributed by atoms with van der Waals surface area (Å²) >= 11 is 0. The average molecular weight is 249 g/mol. The summed E-state index contributed by atoms with van der Waals surface area (Å²) in [5.74, 6) is 0.783. The Morgan fingerprint density at radius 3 is 2.61 bits per heavy atom. The van der Waals surface area contributed by atoms with Gasteiger partial charge in [-0.3, -0.25) is 0 Å². The zero-order valence-electron chi connectivity index (χ0n) is 11.1. The highest BCUT2D eigenvalue weighted by Gasteiger charge is 2.31. The van der Waals surface area contributed by atoms with Gasteiger partial charge in [-0.2, -0.15) is 0 Å². The number of aliphatic hydroxyl groups is 1. The van der Waals surface area contributed by atoms with E-state index in [1.165, 1.54) is 24.0 Å². The van der Waals surface area contributed by atoms with Gasteiger partial charge in [-0.15, -0.1) is 0 Å². The largest absolute Gasteiger partial charge is 0.394 e. The topological polar surface area (TPSA) is 41.5 Å². The number of benzene rings is 1. The molecule has 0 heterocycles. The van der Waals surface area contributed by atoms with Crippen LogP contribution < -0.4 is 5.32 Å². The van der Waals surface area contributed by atoms with E-state index in [0.717, 1.165) is 12.5 Å². The maximum absolute atomic E-state index is 8.63. The van der Waals surface area contributed by atoms with Gasteiger partial charge in [0.05, 0.1) is 19.8 Å². The van der Waals surface area contributed by atoms with Crippen LogP contribution in [0.5, 0.6) is 0 Å². The van der Waals surface area contributed by atoms with Gasteiger partial charge in [0.15, 0.2) is 0 Å². The van der Waals surface area contributed by atoms with Crippen molar-refractivity contribution in [2.45, 2.75) is 25.8 Å². The average Bonchev–Trinajstić information content (AvgIpc) is 3.20. The van der Waals surface area contributed by atoms with E-state index in [4.69, 9.17) is 9.84 Å². The number of hydrogen-bond donors (Lipinski definition) is 2. The van der Waals surface area contributed by atoms with E-state index in [9.17, 15) is 0 Å². The SMILES string of the molecule is Cc1ccc(C(NCCOCCO)C2CC2)cc1. The van der Waals surface area contributed by atoms with Crippen LogP contribution in [0.25, 0.3) is 0 Å². The molecule has 1 aliphatic rings. The van der Waals surface area contributed by atoms with Crippen molar-refractivity contribution < 1.29 is 9.84 Å². The summed E-state index contributed by atoms with van der Waals surface area (Å²) in [6.45, 7) is 4.15. The number of nitrogens with one attached hydrogen (secondary N) is 1. The Kier molecular flexibility index (Phi) is 5.17. The molecule has 0 amide bonds. The van der Waals surface area contributed by atoms with Gasteiger partial charge in [-0.05, 0) is 31.2 Å². The van der Waals surface area contributed by atoms with Crippen LogP contribution in [0.15, 0.2) is 24.3 Å². The van der Waals surface area contributed by atoms with E-state index in [-0.39, 0.29) is 6.61 Å². The number of ether oxygens (including phenoxy) is 1. The van der Waals surface area contributed by atoms with Gasteiger partial charge in [0.25, 0.3) is 0 Å². The Bertz CT molecular complexity index is 346. The molecule has 0 aromatic heterocycles. The molecule has 0 radical (unpaired) electrons. The van der Waals surface area contributed by atoms with E-state index in [0.29, 0.717) is 19.3 Å². The van der Waals surface area contributed by atoms with E-state index >= 15 is 0 Å². The molecule has 1 unspecified atom stereocenters. The fourth-order valence-corrected chi connectivity index (χ4v) is 2.21. The summed E-state index contributed by atoms with van der Waals surface area (Å²) in [7, 11) is 0. The molecule has 0 bridgehead atoms. The third-order valence-corrected chi connectivity index (χ3v) is 3.38. The van der Waals surface area contributed by atoms with Gasteiger partial charge in [-0.25, -0.2) is 0 Å². The lowest BCUT2D eigenvalue weighted by Crippen LogP contribution is -2.27. The third-order valence-electron chi connectivity index (χ3n) is 3.38. The summed E-state index contributed by atoms with van der Waals surface area (Å²) in [5.41, 5.74) is 2.69. The third kappa shape index (κ3) is 4.09. The van der Waals surface area contributed by atoms with Crippen LogP contribution in [0.2, 0.25) is 0 Å². The minimum absolute atomic E-state index is 0.101. The molecule has 1 saturated carbocycles. The van der Waals surface area contributed by atoms with Crippen molar-refractivity contribution in [3.05, 3.63) is 35.4 Å². The molecule has 1 aliphatic carbocycles. The van der Waals surface area contributed by atoms with E-state index in [1.54, 1.807) is 0 Å². The lowest BCUT2D eigenvalue weighted by Gasteiger charge is -2.19. The van der Waals surface area contributed by atoms with Crippen molar-refractivity contribution in [1.29, 1.82) is 0 Å². The quantitative estimate of drug-likeness (QED) is 0.693. The molecule has 1 aromatic carbocycles. The highest BCUT2D eigenvalue weighted by molar-refractivity contribution is 5.25. The van der Waals surface area contributed by atoms with Crippen LogP contribution in [0.1, 0.15) is 30.0 Å². The summed E-state index contributed by atoms with van der Waals surface area (Å²) in [5, 5.41) is 12.2. The van der Waals surface area contributed by atoms with Crippen molar-refractivity contribution in [2.24, 2.45) is 5.92 Å². The lowest BCUT2D eigenvalue weighted by atomic mass is 10.0. The van der Waals surface area contributed by atoms with E-state index < -0.39 is 0 Å². The molecular formula is C15H23NO2. The summed E-state index contributed by atoms with van der Waals surface area (Å²) in [4.78, 5) is 0. The van der Waals surface area contributed by atoms with Crippen LogP contribution >= 0.6 is 0 Å². The highest BCUT2D eigenvalue weighted by atomic mass is 16.5. The second-order valence-electron chi connectivity index (χ2n) is 5.02. The Balaban J connectivity index is 1.82. The zero-order chi connectivity index (χ0) is 12.8. The lowest BCUT2D eigenvalue weighted by molar-refractivity contribution is 0.0922. The molecular weight excluding hydrogens is 226 g/mol. The Labute approximate surface area is 109 Å². The Hall–Kier alpha value is -0.900. The second kappa shape index (κ2) is 6.88. The van der Waals surface area contributed by atoms with Crippen molar-refractivity contribution >= 4 is 0 Å². The van der Waals surface area contributed by atoms with Gasteiger partial charge < -0.3 is 15.2 Å². The van der Waals surface area contributed by atoms with Gasteiger partial charge >= 0.3 is 0 Å². The summed E-state index contributed by atoms with van der Waals surface area (Å²) < 4.78 is 5.28. The molecule has 3 nitrogen and oxygen atoms in total. The van der Waals surface area contributed by atoms with Gasteiger partial charge in [0.1, 0.15) is 0 Å². The van der Waals surface area contributed by atoms with Crippen LogP contribution in [0.3, 0.4) is 0 Å². The molecule has 1 atom stereocenters. The molecule has 1 fully saturated rings. The maximum atomic E-state index is 8.63. The van der Waals surface area contributed by atoms with Gasteiger partial charge in [-0.1, -0.05) is 29.8 Å². The van der Waals surface area contributed by atoms with Crippen molar-refractivity contribution in [3.63, 3.8) is 0 Å². The minimum Gasteiger partial charge on any atom is -0.394 e. The molecule has 2 rings (SSSR count).